The second-order valence-electron chi connectivity index (χ2n) is 6.09. The average molecular weight is 372 g/mol. The maximum absolute atomic E-state index is 14.1. The van der Waals surface area contributed by atoms with Crippen LogP contribution in [0, 0.1) is 12.7 Å². The molecule has 0 aliphatic rings. The molecule has 0 unspecified atom stereocenters. The number of anilines is 2. The predicted octanol–water partition coefficient (Wildman–Crippen LogP) is 5.17. The summed E-state index contributed by atoms with van der Waals surface area (Å²) in [6, 6.07) is 9.98. The Morgan fingerprint density at radius 1 is 1.31 bits per heavy atom. The van der Waals surface area contributed by atoms with Crippen LogP contribution in [-0.2, 0) is 0 Å². The summed E-state index contributed by atoms with van der Waals surface area (Å²) in [5.41, 5.74) is 1.71. The van der Waals surface area contributed by atoms with Crippen LogP contribution in [0.4, 0.5) is 15.9 Å². The van der Waals surface area contributed by atoms with Gasteiger partial charge >= 0.3 is 0 Å². The Morgan fingerprint density at radius 3 is 2.81 bits per heavy atom. The zero-order chi connectivity index (χ0) is 18.8. The molecule has 0 fully saturated rings. The van der Waals surface area contributed by atoms with Gasteiger partial charge in [0.1, 0.15) is 11.6 Å². The number of rotatable bonds is 4. The Labute approximate surface area is 156 Å². The zero-order valence-corrected chi connectivity index (χ0v) is 15.6. The van der Waals surface area contributed by atoms with Crippen LogP contribution in [0.1, 0.15) is 22.8 Å². The van der Waals surface area contributed by atoms with Crippen molar-refractivity contribution in [1.29, 1.82) is 0 Å². The monoisotopic (exact) mass is 371 g/mol. The third kappa shape index (κ3) is 3.35. The number of halogens is 2. The van der Waals surface area contributed by atoms with E-state index in [4.69, 9.17) is 11.6 Å². The fourth-order valence-electron chi connectivity index (χ4n) is 2.82. The van der Waals surface area contributed by atoms with Crippen molar-refractivity contribution in [2.24, 2.45) is 0 Å². The average Bonchev–Trinajstić information content (AvgIpc) is 2.64. The number of nitrogens with one attached hydrogen (secondary N) is 1. The molecule has 6 heteroatoms. The molecule has 1 aromatic heterocycles. The summed E-state index contributed by atoms with van der Waals surface area (Å²) < 4.78 is 14.1. The summed E-state index contributed by atoms with van der Waals surface area (Å²) >= 11 is 5.97. The van der Waals surface area contributed by atoms with Crippen molar-refractivity contribution in [3.05, 3.63) is 64.6 Å². The number of aryl methyl sites for hydroxylation is 1. The van der Waals surface area contributed by atoms with Gasteiger partial charge in [0.25, 0.3) is 5.91 Å². The van der Waals surface area contributed by atoms with Crippen molar-refractivity contribution in [2.75, 3.05) is 18.9 Å². The van der Waals surface area contributed by atoms with E-state index in [2.05, 4.69) is 10.3 Å². The number of carbonyl (C=O) groups excluding carboxylic acids is 1. The first kappa shape index (κ1) is 18.1. The van der Waals surface area contributed by atoms with Gasteiger partial charge in [-0.05, 0) is 37.6 Å². The number of aromatic nitrogens is 1. The quantitative estimate of drug-likeness (QED) is 0.688. The van der Waals surface area contributed by atoms with Gasteiger partial charge in [-0.25, -0.2) is 9.37 Å². The van der Waals surface area contributed by atoms with Crippen LogP contribution in [0.3, 0.4) is 0 Å². The number of benzene rings is 2. The Morgan fingerprint density at radius 2 is 2.08 bits per heavy atom. The number of fused-ring (bicyclic) bond motifs is 1. The number of hydrogen-bond donors (Lipinski definition) is 1. The number of pyridine rings is 1. The van der Waals surface area contributed by atoms with Crippen molar-refractivity contribution >= 4 is 39.8 Å². The molecule has 0 bridgehead atoms. The van der Waals surface area contributed by atoms with Crippen LogP contribution in [0.2, 0.25) is 5.02 Å². The Kier molecular flexibility index (Phi) is 5.09. The van der Waals surface area contributed by atoms with Crippen LogP contribution in [0.15, 0.2) is 42.6 Å². The third-order valence-corrected chi connectivity index (χ3v) is 4.59. The van der Waals surface area contributed by atoms with Gasteiger partial charge in [-0.15, -0.1) is 0 Å². The zero-order valence-electron chi connectivity index (χ0n) is 14.8. The van der Waals surface area contributed by atoms with Gasteiger partial charge in [0.15, 0.2) is 0 Å². The minimum atomic E-state index is -0.428. The van der Waals surface area contributed by atoms with Gasteiger partial charge in [0.2, 0.25) is 0 Å². The molecule has 0 aliphatic heterocycles. The SMILES string of the molecule is CCN(C)C(=O)c1cnc(Nc2cc(Cl)ccc2F)c2cccc(C)c12. The highest BCUT2D eigenvalue weighted by atomic mass is 35.5. The van der Waals surface area contributed by atoms with E-state index >= 15 is 0 Å². The van der Waals surface area contributed by atoms with Gasteiger partial charge in [-0.2, -0.15) is 0 Å². The number of hydrogen-bond acceptors (Lipinski definition) is 3. The molecular formula is C20H19ClFN3O. The number of amides is 1. The molecule has 2 aromatic carbocycles. The standard InChI is InChI=1S/C20H19ClFN3O/c1-4-25(3)20(26)15-11-23-19(14-7-5-6-12(2)18(14)15)24-17-10-13(21)8-9-16(17)22/h5-11H,4H2,1-3H3,(H,23,24). The maximum Gasteiger partial charge on any atom is 0.255 e. The first-order chi connectivity index (χ1) is 12.4. The molecule has 26 heavy (non-hydrogen) atoms. The van der Waals surface area contributed by atoms with Gasteiger partial charge in [-0.3, -0.25) is 4.79 Å². The normalized spacial score (nSPS) is 10.8. The van der Waals surface area contributed by atoms with Crippen LogP contribution >= 0.6 is 11.6 Å². The van der Waals surface area contributed by atoms with Crippen LogP contribution in [-0.4, -0.2) is 29.4 Å². The Balaban J connectivity index is 2.16. The lowest BCUT2D eigenvalue weighted by Gasteiger charge is -2.18. The van der Waals surface area contributed by atoms with E-state index in [-0.39, 0.29) is 11.6 Å². The van der Waals surface area contributed by atoms with Crippen molar-refractivity contribution < 1.29 is 9.18 Å². The molecule has 0 saturated heterocycles. The number of nitrogens with zero attached hydrogens (tertiary/aromatic N) is 2. The van der Waals surface area contributed by atoms with Crippen molar-refractivity contribution in [2.45, 2.75) is 13.8 Å². The fourth-order valence-corrected chi connectivity index (χ4v) is 2.99. The molecular weight excluding hydrogens is 353 g/mol. The van der Waals surface area contributed by atoms with Gasteiger partial charge in [0.05, 0.1) is 11.3 Å². The highest BCUT2D eigenvalue weighted by molar-refractivity contribution is 6.30. The van der Waals surface area contributed by atoms with Crippen molar-refractivity contribution in [3.63, 3.8) is 0 Å². The van der Waals surface area contributed by atoms with Crippen molar-refractivity contribution in [1.82, 2.24) is 9.88 Å². The molecule has 0 radical (unpaired) electrons. The predicted molar refractivity (Wildman–Crippen MR) is 104 cm³/mol. The summed E-state index contributed by atoms with van der Waals surface area (Å²) in [7, 11) is 1.75. The van der Waals surface area contributed by atoms with E-state index in [1.807, 2.05) is 32.0 Å². The third-order valence-electron chi connectivity index (χ3n) is 4.35. The second-order valence-corrected chi connectivity index (χ2v) is 6.52. The molecule has 134 valence electrons. The largest absolute Gasteiger partial charge is 0.342 e. The van der Waals surface area contributed by atoms with Gasteiger partial charge < -0.3 is 10.2 Å². The molecule has 1 N–H and O–H groups in total. The van der Waals surface area contributed by atoms with E-state index < -0.39 is 5.82 Å². The molecule has 0 aliphatic carbocycles. The maximum atomic E-state index is 14.1. The molecule has 1 heterocycles. The van der Waals surface area contributed by atoms with Crippen LogP contribution in [0.5, 0.6) is 0 Å². The lowest BCUT2D eigenvalue weighted by atomic mass is 10.0. The second kappa shape index (κ2) is 7.30. The molecule has 1 amide bonds. The van der Waals surface area contributed by atoms with Gasteiger partial charge in [-0.1, -0.05) is 29.8 Å². The van der Waals surface area contributed by atoms with E-state index in [0.29, 0.717) is 22.9 Å². The Hall–Kier alpha value is -2.66. The van der Waals surface area contributed by atoms with E-state index in [0.717, 1.165) is 16.3 Å². The highest BCUT2D eigenvalue weighted by Gasteiger charge is 2.18. The van der Waals surface area contributed by atoms with Gasteiger partial charge in [0, 0.05) is 35.6 Å². The minimum Gasteiger partial charge on any atom is -0.342 e. The lowest BCUT2D eigenvalue weighted by Crippen LogP contribution is -2.26. The summed E-state index contributed by atoms with van der Waals surface area (Å²) in [5.74, 6) is -0.0526. The Bertz CT molecular complexity index is 990. The van der Waals surface area contributed by atoms with E-state index in [1.54, 1.807) is 11.9 Å². The summed E-state index contributed by atoms with van der Waals surface area (Å²) in [5, 5.41) is 4.97. The van der Waals surface area contributed by atoms with Crippen LogP contribution < -0.4 is 5.32 Å². The molecule has 0 saturated carbocycles. The smallest absolute Gasteiger partial charge is 0.255 e. The summed E-state index contributed by atoms with van der Waals surface area (Å²) in [6.07, 6.45) is 1.54. The molecule has 0 atom stereocenters. The molecule has 4 nitrogen and oxygen atoms in total. The first-order valence-electron chi connectivity index (χ1n) is 8.28. The van der Waals surface area contributed by atoms with E-state index in [1.165, 1.54) is 24.4 Å². The molecule has 0 spiro atoms. The fraction of sp³-hybridized carbons (Fsp3) is 0.200. The summed E-state index contributed by atoms with van der Waals surface area (Å²) in [4.78, 5) is 18.7. The lowest BCUT2D eigenvalue weighted by molar-refractivity contribution is 0.0804. The first-order valence-corrected chi connectivity index (χ1v) is 8.66. The van der Waals surface area contributed by atoms with Crippen LogP contribution in [0.25, 0.3) is 10.8 Å². The minimum absolute atomic E-state index is 0.0974. The topological polar surface area (TPSA) is 45.2 Å². The number of carbonyl (C=O) groups is 1. The molecule has 3 aromatic rings. The van der Waals surface area contributed by atoms with Crippen molar-refractivity contribution in [3.8, 4) is 0 Å². The molecule has 3 rings (SSSR count). The van der Waals surface area contributed by atoms with E-state index in [9.17, 15) is 9.18 Å². The summed E-state index contributed by atoms with van der Waals surface area (Å²) in [6.45, 7) is 4.45. The highest BCUT2D eigenvalue weighted by Crippen LogP contribution is 2.31.